The third-order valence-electron chi connectivity index (χ3n) is 6.34. The van der Waals surface area contributed by atoms with Crippen molar-refractivity contribution in [2.75, 3.05) is 0 Å². The number of nitro benzene ring substituents is 1. The van der Waals surface area contributed by atoms with E-state index in [4.69, 9.17) is 0 Å². The summed E-state index contributed by atoms with van der Waals surface area (Å²) >= 11 is 0. The van der Waals surface area contributed by atoms with Crippen LogP contribution in [0.25, 0.3) is 0 Å². The van der Waals surface area contributed by atoms with Gasteiger partial charge in [0.1, 0.15) is 6.10 Å². The van der Waals surface area contributed by atoms with Gasteiger partial charge in [0, 0.05) is 18.2 Å². The Morgan fingerprint density at radius 2 is 1.80 bits per heavy atom. The van der Waals surface area contributed by atoms with E-state index in [2.05, 4.69) is 0 Å². The number of nitro groups is 1. The first-order chi connectivity index (χ1) is 14.1. The van der Waals surface area contributed by atoms with Gasteiger partial charge in [0.05, 0.1) is 10.5 Å². The van der Waals surface area contributed by atoms with Gasteiger partial charge >= 0.3 is 6.09 Å². The van der Waals surface area contributed by atoms with Crippen molar-refractivity contribution < 1.29 is 19.9 Å². The Balaban J connectivity index is 1.98. The molecule has 3 atom stereocenters. The molecular formula is C23H28N2O5. The zero-order valence-corrected chi connectivity index (χ0v) is 17.5. The van der Waals surface area contributed by atoms with Crippen molar-refractivity contribution in [2.24, 2.45) is 5.41 Å². The first kappa shape index (κ1) is 21.8. The van der Waals surface area contributed by atoms with Crippen molar-refractivity contribution in [1.29, 1.82) is 0 Å². The standard InChI is InChI=1S/C23H28N2O5/c1-22(2,3)23(20(26)17-7-5-4-6-8-17)14-13-19(24(23)21(27)28)15-16-9-11-18(12-10-16)25(29)30/h4-12,19-20,26H,13-15H2,1-3H3,(H,27,28)/t19-,20+,23-/m0/s1. The number of nitrogens with zero attached hydrogens (tertiary/aromatic N) is 2. The molecule has 2 aromatic carbocycles. The van der Waals surface area contributed by atoms with Crippen LogP contribution < -0.4 is 0 Å². The Labute approximate surface area is 176 Å². The molecule has 30 heavy (non-hydrogen) atoms. The van der Waals surface area contributed by atoms with Crippen molar-refractivity contribution in [3.05, 3.63) is 75.8 Å². The summed E-state index contributed by atoms with van der Waals surface area (Å²) in [6, 6.07) is 15.1. The fourth-order valence-electron chi connectivity index (χ4n) is 4.83. The first-order valence-electron chi connectivity index (χ1n) is 10.1. The molecule has 0 saturated carbocycles. The fraction of sp³-hybridized carbons (Fsp3) is 0.435. The average molecular weight is 412 g/mol. The molecule has 1 amide bonds. The molecule has 1 fully saturated rings. The highest BCUT2D eigenvalue weighted by atomic mass is 16.6. The van der Waals surface area contributed by atoms with Crippen molar-refractivity contribution in [1.82, 2.24) is 4.90 Å². The molecule has 1 saturated heterocycles. The molecule has 160 valence electrons. The third-order valence-corrected chi connectivity index (χ3v) is 6.34. The Hall–Kier alpha value is -2.93. The normalized spacial score (nSPS) is 22.7. The van der Waals surface area contributed by atoms with Crippen LogP contribution in [0.15, 0.2) is 54.6 Å². The minimum atomic E-state index is -1.07. The molecule has 1 heterocycles. The summed E-state index contributed by atoms with van der Waals surface area (Å²) in [4.78, 5) is 24.3. The number of amides is 1. The average Bonchev–Trinajstić information content (AvgIpc) is 3.09. The van der Waals surface area contributed by atoms with Crippen LogP contribution in [0.3, 0.4) is 0 Å². The smallest absolute Gasteiger partial charge is 0.408 e. The molecule has 3 rings (SSSR count). The van der Waals surface area contributed by atoms with Gasteiger partial charge in [0.25, 0.3) is 5.69 Å². The zero-order valence-electron chi connectivity index (χ0n) is 17.5. The van der Waals surface area contributed by atoms with Gasteiger partial charge in [-0.2, -0.15) is 0 Å². The summed E-state index contributed by atoms with van der Waals surface area (Å²) in [7, 11) is 0. The van der Waals surface area contributed by atoms with E-state index in [0.717, 1.165) is 5.56 Å². The van der Waals surface area contributed by atoms with Gasteiger partial charge < -0.3 is 10.2 Å². The van der Waals surface area contributed by atoms with E-state index < -0.39 is 28.1 Å². The lowest BCUT2D eigenvalue weighted by molar-refractivity contribution is -0.384. The Bertz CT molecular complexity index is 907. The van der Waals surface area contributed by atoms with Crippen LogP contribution in [0, 0.1) is 15.5 Å². The van der Waals surface area contributed by atoms with E-state index in [0.29, 0.717) is 24.8 Å². The minimum absolute atomic E-state index is 0.00352. The molecule has 2 aromatic rings. The Morgan fingerprint density at radius 1 is 1.20 bits per heavy atom. The molecule has 7 heteroatoms. The predicted octanol–water partition coefficient (Wildman–Crippen LogP) is 4.80. The molecule has 2 N–H and O–H groups in total. The van der Waals surface area contributed by atoms with Crippen LogP contribution in [0.4, 0.5) is 10.5 Å². The van der Waals surface area contributed by atoms with E-state index in [-0.39, 0.29) is 11.7 Å². The maximum atomic E-state index is 12.5. The second-order valence-electron chi connectivity index (χ2n) is 8.96. The number of hydrogen-bond acceptors (Lipinski definition) is 4. The van der Waals surface area contributed by atoms with Gasteiger partial charge in [-0.1, -0.05) is 63.2 Å². The van der Waals surface area contributed by atoms with Gasteiger partial charge in [-0.3, -0.25) is 15.0 Å². The molecule has 7 nitrogen and oxygen atoms in total. The van der Waals surface area contributed by atoms with Crippen molar-refractivity contribution >= 4 is 11.8 Å². The lowest BCUT2D eigenvalue weighted by Crippen LogP contribution is -2.61. The summed E-state index contributed by atoms with van der Waals surface area (Å²) in [6.07, 6.45) is -0.481. The van der Waals surface area contributed by atoms with Gasteiger partial charge in [-0.25, -0.2) is 4.79 Å². The summed E-state index contributed by atoms with van der Waals surface area (Å²) in [6.45, 7) is 5.88. The molecule has 1 aliphatic heterocycles. The van der Waals surface area contributed by atoms with Crippen molar-refractivity contribution in [3.63, 3.8) is 0 Å². The summed E-state index contributed by atoms with van der Waals surface area (Å²) in [5, 5.41) is 32.5. The van der Waals surface area contributed by atoms with Crippen LogP contribution >= 0.6 is 0 Å². The maximum absolute atomic E-state index is 12.5. The zero-order chi connectivity index (χ0) is 22.1. The van der Waals surface area contributed by atoms with Crippen LogP contribution in [0.2, 0.25) is 0 Å². The van der Waals surface area contributed by atoms with Gasteiger partial charge in [-0.15, -0.1) is 0 Å². The van der Waals surface area contributed by atoms with E-state index in [9.17, 15) is 25.1 Å². The number of rotatable bonds is 5. The molecule has 0 radical (unpaired) electrons. The van der Waals surface area contributed by atoms with E-state index in [1.165, 1.54) is 17.0 Å². The SMILES string of the molecule is CC(C)(C)[C@@]1([C@H](O)c2ccccc2)CC[C@@H](Cc2ccc([N+](=O)[O-])cc2)N1C(=O)O. The maximum Gasteiger partial charge on any atom is 0.408 e. The van der Waals surface area contributed by atoms with E-state index in [1.807, 2.05) is 51.1 Å². The monoisotopic (exact) mass is 412 g/mol. The molecule has 1 aliphatic rings. The van der Waals surface area contributed by atoms with Gasteiger partial charge in [-0.05, 0) is 35.8 Å². The lowest BCUT2D eigenvalue weighted by atomic mass is 9.67. The highest BCUT2D eigenvalue weighted by Gasteiger charge is 2.59. The second kappa shape index (κ2) is 8.07. The number of aliphatic hydroxyl groups is 1. The van der Waals surface area contributed by atoms with E-state index >= 15 is 0 Å². The minimum Gasteiger partial charge on any atom is -0.465 e. The second-order valence-corrected chi connectivity index (χ2v) is 8.96. The number of non-ortho nitro benzene ring substituents is 1. The topological polar surface area (TPSA) is 104 Å². The van der Waals surface area contributed by atoms with E-state index in [1.54, 1.807) is 12.1 Å². The largest absolute Gasteiger partial charge is 0.465 e. The van der Waals surface area contributed by atoms with Crippen molar-refractivity contribution in [3.8, 4) is 0 Å². The molecular weight excluding hydrogens is 384 g/mol. The number of carbonyl (C=O) groups is 1. The highest BCUT2D eigenvalue weighted by molar-refractivity contribution is 5.68. The highest BCUT2D eigenvalue weighted by Crippen LogP contribution is 2.53. The molecule has 0 spiro atoms. The van der Waals surface area contributed by atoms with Crippen molar-refractivity contribution in [2.45, 2.75) is 57.7 Å². The van der Waals surface area contributed by atoms with Gasteiger partial charge in [0.2, 0.25) is 0 Å². The Kier molecular flexibility index (Phi) is 5.85. The van der Waals surface area contributed by atoms with Crippen LogP contribution in [0.1, 0.15) is 50.8 Å². The molecule has 0 unspecified atom stereocenters. The predicted molar refractivity (Wildman–Crippen MR) is 113 cm³/mol. The first-order valence-corrected chi connectivity index (χ1v) is 10.1. The lowest BCUT2D eigenvalue weighted by Gasteiger charge is -2.51. The number of hydrogen-bond donors (Lipinski definition) is 2. The number of benzene rings is 2. The molecule has 0 bridgehead atoms. The van der Waals surface area contributed by atoms with Crippen LogP contribution in [-0.2, 0) is 6.42 Å². The van der Waals surface area contributed by atoms with Crippen LogP contribution in [-0.4, -0.2) is 37.7 Å². The number of carboxylic acid groups (broad SMARTS) is 1. The fourth-order valence-corrected chi connectivity index (χ4v) is 4.83. The quantitative estimate of drug-likeness (QED) is 0.542. The summed E-state index contributed by atoms with van der Waals surface area (Å²) < 4.78 is 0. The third kappa shape index (κ3) is 3.77. The summed E-state index contributed by atoms with van der Waals surface area (Å²) in [5.41, 5.74) is 0.00507. The number of aliphatic hydroxyl groups excluding tert-OH is 1. The van der Waals surface area contributed by atoms with Gasteiger partial charge in [0.15, 0.2) is 0 Å². The Morgan fingerprint density at radius 3 is 2.30 bits per heavy atom. The molecule has 0 aromatic heterocycles. The van der Waals surface area contributed by atoms with Crippen LogP contribution in [0.5, 0.6) is 0 Å². The number of likely N-dealkylation sites (tertiary alicyclic amines) is 1. The molecule has 0 aliphatic carbocycles. The summed E-state index contributed by atoms with van der Waals surface area (Å²) in [5.74, 6) is 0.